The van der Waals surface area contributed by atoms with Gasteiger partial charge in [-0.25, -0.2) is 0 Å². The summed E-state index contributed by atoms with van der Waals surface area (Å²) in [6.45, 7) is 0. The van der Waals surface area contributed by atoms with Crippen LogP contribution in [-0.4, -0.2) is 26.0 Å². The third-order valence-corrected chi connectivity index (χ3v) is 34.3. The van der Waals surface area contributed by atoms with E-state index >= 15 is 0 Å². The van der Waals surface area contributed by atoms with Gasteiger partial charge in [0, 0.05) is 142 Å². The van der Waals surface area contributed by atoms with E-state index in [1.807, 2.05) is 154 Å². The molecule has 4 nitrogen and oxygen atoms in total. The Morgan fingerprint density at radius 3 is 1.20 bits per heavy atom. The van der Waals surface area contributed by atoms with Crippen LogP contribution in [0, 0.1) is 5.38 Å². The van der Waals surface area contributed by atoms with Gasteiger partial charge in [0.15, 0.2) is 18.9 Å². The van der Waals surface area contributed by atoms with Gasteiger partial charge in [0.1, 0.15) is 5.75 Å². The van der Waals surface area contributed by atoms with Crippen molar-refractivity contribution in [3.63, 3.8) is 0 Å². The minimum absolute atomic E-state index is 0. The van der Waals surface area contributed by atoms with Crippen molar-refractivity contribution in [2.24, 2.45) is 0 Å². The second-order valence-corrected chi connectivity index (χ2v) is 40.5. The number of thiophene rings is 17. The molecule has 0 bridgehead atoms. The molecule has 17 heterocycles. The zero-order valence-electron chi connectivity index (χ0n) is 49.4. The number of ether oxygens (including phenoxy) is 1. The van der Waals surface area contributed by atoms with Gasteiger partial charge < -0.3 is 16.1 Å². The normalized spacial score (nSPS) is 11.0. The van der Waals surface area contributed by atoms with Gasteiger partial charge in [-0.3, -0.25) is 14.4 Å². The summed E-state index contributed by atoms with van der Waals surface area (Å²) in [6.07, 6.45) is 6.48. The summed E-state index contributed by atoms with van der Waals surface area (Å²) in [6, 6.07) is 41.3. The van der Waals surface area contributed by atoms with E-state index in [1.54, 1.807) is 63.8 Å². The van der Waals surface area contributed by atoms with Crippen LogP contribution >= 0.6 is 241 Å². The van der Waals surface area contributed by atoms with Crippen LogP contribution in [0.3, 0.4) is 0 Å². The van der Waals surface area contributed by atoms with Gasteiger partial charge in [0.2, 0.25) is 0 Å². The number of methoxy groups -OCH3 is 1. The van der Waals surface area contributed by atoms with Gasteiger partial charge in [-0.15, -0.1) is 187 Å². The number of halogens is 3. The molecule has 25 heteroatoms. The van der Waals surface area contributed by atoms with Crippen molar-refractivity contribution in [1.82, 2.24) is 0 Å². The standard InChI is InChI=1S/C18H14O2S4.C18H8S4.C16H10Br2S4.C8H4O2S2.C6H4S2.C4H2BrS.CH4.Li/c1-20-14-3-5-22-16(14)7-13-9-18-17(24-13)8-12(23-18)6-15-11(10-19)2-4-21-15;1-3-19-13-7-15-11(5-9(1)13)17-18(21-15)12-6-10-2-4-20-14(10)8-16(12)22-17;17-11-1-3-19-13(11)5-9-7-15-16(21-9)8-10(22-15)6-14-12(18)2-4-20-14;9-3-5-1-7-8(11-5)2-6(4-10)12-7;1-3-7-6-2-4-8-5(1)6;5-4-1-2-6-3-4;;/h2-5,8-10H,6-7H2,1H3;1-8H;1-4,7-8H,5-6H2;1-4H;1-4H;1-2H;1H4;/q;;;;;-1;;+1. The maximum absolute atomic E-state index is 11.1. The van der Waals surface area contributed by atoms with Crippen LogP contribution in [0.2, 0.25) is 0 Å². The van der Waals surface area contributed by atoms with Crippen LogP contribution in [-0.2, 0) is 25.7 Å². The van der Waals surface area contributed by atoms with Crippen LogP contribution < -0.4 is 23.6 Å². The number of hydrogen-bond acceptors (Lipinski definition) is 21. The zero-order chi connectivity index (χ0) is 64.2. The van der Waals surface area contributed by atoms with Gasteiger partial charge in [-0.2, -0.15) is 11.4 Å². The van der Waals surface area contributed by atoms with E-state index in [1.165, 1.54) is 144 Å². The molecule has 19 aromatic rings. The number of rotatable bonds is 12. The molecule has 0 amide bonds. The molecule has 0 radical (unpaired) electrons. The Morgan fingerprint density at radius 1 is 0.375 bits per heavy atom. The van der Waals surface area contributed by atoms with Crippen LogP contribution in [0.15, 0.2) is 177 Å². The van der Waals surface area contributed by atoms with Crippen molar-refractivity contribution in [3.8, 4) is 5.75 Å². The molecule has 0 saturated carbocycles. The fourth-order valence-electron chi connectivity index (χ4n) is 10.1. The summed E-state index contributed by atoms with van der Waals surface area (Å²) in [5.41, 5.74) is 0.822. The first kappa shape index (κ1) is 72.3. The molecule has 478 valence electrons. The number of fused-ring (bicyclic) bond motifs is 11. The molecule has 0 unspecified atom stereocenters. The fraction of sp³-hybridized carbons (Fsp3) is 0.0845. The van der Waals surface area contributed by atoms with Crippen molar-refractivity contribution in [1.29, 1.82) is 0 Å². The first-order chi connectivity index (χ1) is 46.0. The Kier molecular flexibility index (Phi) is 25.3. The second kappa shape index (κ2) is 33.5. The minimum atomic E-state index is 0. The van der Waals surface area contributed by atoms with Crippen molar-refractivity contribution < 1.29 is 38.0 Å². The van der Waals surface area contributed by atoms with E-state index in [2.05, 4.69) is 176 Å². The molecule has 0 spiro atoms. The molecule has 0 aliphatic carbocycles. The smallest absolute Gasteiger partial charge is 0.496 e. The number of carbonyl (C=O) groups excluding carboxylic acids is 3. The third-order valence-electron chi connectivity index (χ3n) is 14.4. The van der Waals surface area contributed by atoms with Gasteiger partial charge in [-0.1, -0.05) is 27.8 Å². The summed E-state index contributed by atoms with van der Waals surface area (Å²) in [5.74, 6) is 0.983. The van der Waals surface area contributed by atoms with Gasteiger partial charge in [-0.05, 0) is 195 Å². The molecular formula is C71H46Br3LiO4S17. The monoisotopic (exact) mass is 1750 g/mol. The summed E-state index contributed by atoms with van der Waals surface area (Å²) in [5, 5.41) is 27.5. The Morgan fingerprint density at radius 2 is 0.781 bits per heavy atom. The predicted molar refractivity (Wildman–Crippen MR) is 448 cm³/mol. The average molecular weight is 1750 g/mol. The molecule has 0 saturated heterocycles. The van der Waals surface area contributed by atoms with Crippen molar-refractivity contribution in [3.05, 3.63) is 237 Å². The summed E-state index contributed by atoms with van der Waals surface area (Å²) in [4.78, 5) is 44.1. The minimum Gasteiger partial charge on any atom is -0.496 e. The fourth-order valence-corrected chi connectivity index (χ4v) is 29.5. The maximum Gasteiger partial charge on any atom is 1.00 e. The van der Waals surface area contributed by atoms with Crippen LogP contribution in [0.4, 0.5) is 0 Å². The van der Waals surface area contributed by atoms with E-state index in [-0.39, 0.29) is 26.3 Å². The topological polar surface area (TPSA) is 60.4 Å². The van der Waals surface area contributed by atoms with E-state index < -0.39 is 0 Å². The first-order valence-corrected chi connectivity index (χ1v) is 45.0. The Bertz CT molecular complexity index is 5380. The Balaban J connectivity index is 0.000000115. The van der Waals surface area contributed by atoms with Crippen molar-refractivity contribution in [2.45, 2.75) is 33.1 Å². The molecule has 0 atom stereocenters. The largest absolute Gasteiger partial charge is 1.00 e. The Labute approximate surface area is 658 Å². The Hall–Kier alpha value is -3.47. The van der Waals surface area contributed by atoms with Crippen LogP contribution in [0.5, 0.6) is 5.75 Å². The second-order valence-electron chi connectivity index (χ2n) is 20.4. The number of hydrogen-bond donors (Lipinski definition) is 0. The molecule has 0 fully saturated rings. The molecule has 19 rings (SSSR count). The van der Waals surface area contributed by atoms with Crippen molar-refractivity contribution in [2.75, 3.05) is 7.11 Å². The quantitative estimate of drug-likeness (QED) is 0.0695. The van der Waals surface area contributed by atoms with E-state index in [4.69, 9.17) is 4.74 Å². The molecule has 0 N–H and O–H groups in total. The van der Waals surface area contributed by atoms with Crippen LogP contribution in [0.25, 0.3) is 87.3 Å². The third kappa shape index (κ3) is 16.8. The molecule has 96 heavy (non-hydrogen) atoms. The average Bonchev–Trinajstić information content (AvgIpc) is 1.56. The molecule has 17 aromatic heterocycles. The number of aldehydes is 3. The van der Waals surface area contributed by atoms with E-state index in [0.717, 1.165) is 74.6 Å². The summed E-state index contributed by atoms with van der Waals surface area (Å²) >= 11 is 40.7. The predicted octanol–water partition coefficient (Wildman–Crippen LogP) is 27.1. The zero-order valence-corrected chi connectivity index (χ0v) is 68.1. The van der Waals surface area contributed by atoms with Gasteiger partial charge in [0.25, 0.3) is 0 Å². The van der Waals surface area contributed by atoms with Crippen LogP contribution in [0.1, 0.15) is 76.1 Å². The van der Waals surface area contributed by atoms with Crippen molar-refractivity contribution >= 4 is 347 Å². The molecule has 2 aromatic carbocycles. The molecular weight excluding hydrogens is 1710 g/mol. The SMILES string of the molecule is Brc1[c-]scc1.Brc1ccsc1Cc1cc2sc(Cc3sccc3Br)cc2s1.C.COc1ccsc1Cc1cc2sc(Cc3sccc3C=O)cc2s1.O=Cc1cc2sc(C=O)cc2s1.[Li+].c1cc2cc3c(cc2s1)sc1c2cc4ccsc4cc2sc31.c1cc2sccc2s1. The number of benzene rings is 2. The first-order valence-electron chi connectivity index (χ1n) is 28.2. The van der Waals surface area contributed by atoms with Gasteiger partial charge in [0.05, 0.1) is 31.1 Å². The molecule has 0 aliphatic rings. The van der Waals surface area contributed by atoms with Gasteiger partial charge >= 0.3 is 18.9 Å². The van der Waals surface area contributed by atoms with E-state index in [0.29, 0.717) is 9.75 Å². The molecule has 0 aliphatic heterocycles. The number of carbonyl (C=O) groups is 3. The summed E-state index contributed by atoms with van der Waals surface area (Å²) in [7, 11) is 1.73. The summed E-state index contributed by atoms with van der Waals surface area (Å²) < 4.78 is 27.9. The maximum atomic E-state index is 11.1. The van der Waals surface area contributed by atoms with E-state index in [9.17, 15) is 14.4 Å².